The number of aromatic nitrogens is 4. The highest BCUT2D eigenvalue weighted by Crippen LogP contribution is 2.33. The number of nitrogen functional groups attached to an aromatic ring is 1. The number of H-pyrrole nitrogens is 1. The maximum atomic E-state index is 12.9. The van der Waals surface area contributed by atoms with Crippen LogP contribution in [-0.2, 0) is 4.74 Å². The second kappa shape index (κ2) is 9.63. The van der Waals surface area contributed by atoms with Crippen molar-refractivity contribution in [1.29, 1.82) is 5.41 Å². The Morgan fingerprint density at radius 2 is 2.07 bits per heavy atom. The molecule has 1 fully saturated rings. The SMILES string of the molecule is CC.N=Cc1cc(Nc2ncnc3[nH]c(C(=O)N4CCOCC4)c(Br)c23)cnc1N. The average molecular weight is 475 g/mol. The molecule has 10 nitrogen and oxygen atoms in total. The lowest BCUT2D eigenvalue weighted by Gasteiger charge is -2.26. The molecule has 0 unspecified atom stereocenters. The van der Waals surface area contributed by atoms with Crippen LogP contribution in [0.5, 0.6) is 0 Å². The number of amides is 1. The average Bonchev–Trinajstić information content (AvgIpc) is 3.14. The first-order valence-corrected chi connectivity index (χ1v) is 10.3. The molecule has 5 N–H and O–H groups in total. The van der Waals surface area contributed by atoms with E-state index >= 15 is 0 Å². The normalized spacial score (nSPS) is 13.5. The molecule has 0 aliphatic carbocycles. The van der Waals surface area contributed by atoms with Crippen LogP contribution < -0.4 is 11.1 Å². The molecule has 0 aromatic carbocycles. The van der Waals surface area contributed by atoms with Crippen LogP contribution in [-0.4, -0.2) is 63.3 Å². The van der Waals surface area contributed by atoms with Crippen LogP contribution in [0.25, 0.3) is 11.0 Å². The quantitative estimate of drug-likeness (QED) is 0.425. The lowest BCUT2D eigenvalue weighted by atomic mass is 10.2. The summed E-state index contributed by atoms with van der Waals surface area (Å²) in [5.74, 6) is 0.644. The minimum absolute atomic E-state index is 0.126. The Kier molecular flexibility index (Phi) is 6.95. The van der Waals surface area contributed by atoms with Gasteiger partial charge in [0.1, 0.15) is 29.3 Å². The van der Waals surface area contributed by atoms with Crippen LogP contribution >= 0.6 is 15.9 Å². The molecule has 4 heterocycles. The highest BCUT2D eigenvalue weighted by Gasteiger charge is 2.25. The Morgan fingerprint density at radius 3 is 2.77 bits per heavy atom. The van der Waals surface area contributed by atoms with Crippen molar-refractivity contribution in [3.05, 3.63) is 34.3 Å². The summed E-state index contributed by atoms with van der Waals surface area (Å²) >= 11 is 3.52. The summed E-state index contributed by atoms with van der Waals surface area (Å²) in [5, 5.41) is 11.2. The maximum Gasteiger partial charge on any atom is 0.271 e. The molecule has 30 heavy (non-hydrogen) atoms. The summed E-state index contributed by atoms with van der Waals surface area (Å²) in [6.07, 6.45) is 4.09. The third-order valence-corrected chi connectivity index (χ3v) is 5.20. The van der Waals surface area contributed by atoms with Crippen molar-refractivity contribution >= 4 is 56.4 Å². The van der Waals surface area contributed by atoms with Gasteiger partial charge < -0.3 is 31.1 Å². The number of aromatic amines is 1. The molecule has 0 atom stereocenters. The van der Waals surface area contributed by atoms with E-state index in [9.17, 15) is 4.79 Å². The number of anilines is 3. The van der Waals surface area contributed by atoms with Crippen molar-refractivity contribution in [3.63, 3.8) is 0 Å². The van der Waals surface area contributed by atoms with Crippen LogP contribution in [0, 0.1) is 5.41 Å². The van der Waals surface area contributed by atoms with Gasteiger partial charge in [-0.3, -0.25) is 4.79 Å². The number of rotatable bonds is 4. The van der Waals surface area contributed by atoms with E-state index in [-0.39, 0.29) is 11.7 Å². The van der Waals surface area contributed by atoms with Crippen molar-refractivity contribution in [2.45, 2.75) is 13.8 Å². The van der Waals surface area contributed by atoms with Gasteiger partial charge in [-0.05, 0) is 22.0 Å². The zero-order valence-electron chi connectivity index (χ0n) is 16.7. The molecule has 1 saturated heterocycles. The molecule has 0 spiro atoms. The summed E-state index contributed by atoms with van der Waals surface area (Å²) in [6.45, 7) is 6.13. The number of fused-ring (bicyclic) bond motifs is 1. The number of nitrogens with zero attached hydrogens (tertiary/aromatic N) is 4. The Balaban J connectivity index is 0.00000124. The number of halogens is 1. The van der Waals surface area contributed by atoms with Crippen molar-refractivity contribution in [3.8, 4) is 0 Å². The Morgan fingerprint density at radius 1 is 1.33 bits per heavy atom. The minimum atomic E-state index is -0.126. The van der Waals surface area contributed by atoms with Crippen molar-refractivity contribution in [1.82, 2.24) is 24.8 Å². The molecule has 4 rings (SSSR count). The fraction of sp³-hybridized carbons (Fsp3) is 0.316. The number of carbonyl (C=O) groups excluding carboxylic acids is 1. The smallest absolute Gasteiger partial charge is 0.271 e. The molecule has 11 heteroatoms. The molecule has 0 saturated carbocycles. The molecule has 1 aliphatic rings. The molecule has 3 aromatic rings. The van der Waals surface area contributed by atoms with Gasteiger partial charge in [0.2, 0.25) is 0 Å². The molecule has 0 radical (unpaired) electrons. The predicted molar refractivity (Wildman–Crippen MR) is 119 cm³/mol. The Labute approximate surface area is 181 Å². The van der Waals surface area contributed by atoms with Crippen molar-refractivity contribution in [2.24, 2.45) is 0 Å². The van der Waals surface area contributed by atoms with Crippen LogP contribution in [0.3, 0.4) is 0 Å². The highest BCUT2D eigenvalue weighted by molar-refractivity contribution is 9.10. The minimum Gasteiger partial charge on any atom is -0.383 e. The van der Waals surface area contributed by atoms with Gasteiger partial charge in [-0.1, -0.05) is 13.8 Å². The third kappa shape index (κ3) is 4.26. The number of nitrogens with one attached hydrogen (secondary N) is 3. The summed E-state index contributed by atoms with van der Waals surface area (Å²) in [7, 11) is 0. The van der Waals surface area contributed by atoms with Gasteiger partial charge in [0.25, 0.3) is 5.91 Å². The Hall–Kier alpha value is -3.05. The van der Waals surface area contributed by atoms with E-state index in [0.29, 0.717) is 64.6 Å². The summed E-state index contributed by atoms with van der Waals surface area (Å²) in [5.41, 5.74) is 7.78. The number of morpholine rings is 1. The van der Waals surface area contributed by atoms with Gasteiger partial charge in [0.15, 0.2) is 0 Å². The second-order valence-electron chi connectivity index (χ2n) is 6.13. The summed E-state index contributed by atoms with van der Waals surface area (Å²) < 4.78 is 5.89. The zero-order valence-corrected chi connectivity index (χ0v) is 18.3. The number of ether oxygens (including phenoxy) is 1. The molecule has 3 aromatic heterocycles. The van der Waals surface area contributed by atoms with Gasteiger partial charge >= 0.3 is 0 Å². The van der Waals surface area contributed by atoms with Crippen LogP contribution in [0.4, 0.5) is 17.3 Å². The number of hydrogen-bond acceptors (Lipinski definition) is 8. The van der Waals surface area contributed by atoms with Crippen molar-refractivity contribution in [2.75, 3.05) is 37.4 Å². The van der Waals surface area contributed by atoms with E-state index in [1.54, 1.807) is 17.2 Å². The Bertz CT molecular complexity index is 1060. The van der Waals surface area contributed by atoms with Gasteiger partial charge in [-0.2, -0.15) is 0 Å². The summed E-state index contributed by atoms with van der Waals surface area (Å²) in [4.78, 5) is 30.3. The molecular weight excluding hydrogens is 452 g/mol. The van der Waals surface area contributed by atoms with Crippen LogP contribution in [0.2, 0.25) is 0 Å². The van der Waals surface area contributed by atoms with E-state index in [0.717, 1.165) is 6.21 Å². The van der Waals surface area contributed by atoms with E-state index < -0.39 is 0 Å². The first-order valence-electron chi connectivity index (χ1n) is 9.50. The lowest BCUT2D eigenvalue weighted by Crippen LogP contribution is -2.40. The maximum absolute atomic E-state index is 12.9. The highest BCUT2D eigenvalue weighted by atomic mass is 79.9. The summed E-state index contributed by atoms with van der Waals surface area (Å²) in [6, 6.07) is 1.70. The molecule has 1 aliphatic heterocycles. The largest absolute Gasteiger partial charge is 0.383 e. The van der Waals surface area contributed by atoms with Gasteiger partial charge in [-0.25, -0.2) is 15.0 Å². The number of hydrogen-bond donors (Lipinski definition) is 4. The first-order chi connectivity index (χ1) is 14.6. The first kappa shape index (κ1) is 21.7. The van der Waals surface area contributed by atoms with Crippen LogP contribution in [0.15, 0.2) is 23.1 Å². The standard InChI is InChI=1S/C17H17BrN8O2.C2H6/c18-12-11-15(24-10-5-9(6-19)14(20)21-7-10)22-8-23-16(11)25-13(12)17(27)26-1-3-28-4-2-26;1-2/h5-8,19H,1-4H2,(H2,20,21)(H2,22,23,24,25);1-2H3. The number of carbonyl (C=O) groups is 1. The predicted octanol–water partition coefficient (Wildman–Crippen LogP) is 2.94. The zero-order chi connectivity index (χ0) is 21.7. The molecule has 1 amide bonds. The number of nitrogens with two attached hydrogens (primary N) is 1. The monoisotopic (exact) mass is 474 g/mol. The molecular formula is C19H23BrN8O2. The molecule has 0 bridgehead atoms. The fourth-order valence-corrected chi connectivity index (χ4v) is 3.61. The van der Waals surface area contributed by atoms with E-state index in [2.05, 4.69) is 41.2 Å². The van der Waals surface area contributed by atoms with E-state index in [4.69, 9.17) is 15.9 Å². The van der Waals surface area contributed by atoms with Gasteiger partial charge in [0, 0.05) is 24.9 Å². The van der Waals surface area contributed by atoms with Crippen molar-refractivity contribution < 1.29 is 9.53 Å². The third-order valence-electron chi connectivity index (χ3n) is 4.41. The van der Waals surface area contributed by atoms with Crippen LogP contribution in [0.1, 0.15) is 29.9 Å². The second-order valence-corrected chi connectivity index (χ2v) is 6.93. The number of pyridine rings is 1. The lowest BCUT2D eigenvalue weighted by molar-refractivity contribution is 0.0299. The topological polar surface area (TPSA) is 146 Å². The van der Waals surface area contributed by atoms with E-state index in [1.165, 1.54) is 6.33 Å². The van der Waals surface area contributed by atoms with Gasteiger partial charge in [-0.15, -0.1) is 0 Å². The fourth-order valence-electron chi connectivity index (χ4n) is 2.97. The molecule has 158 valence electrons. The van der Waals surface area contributed by atoms with E-state index in [1.807, 2.05) is 13.8 Å². The van der Waals surface area contributed by atoms with Gasteiger partial charge in [0.05, 0.1) is 35.0 Å².